The molecule has 1 heterocycles. The SMILES string of the molecule is CCNCc1cncc(Oc2cc(C)ccc2F)n1. The van der Waals surface area contributed by atoms with Gasteiger partial charge < -0.3 is 10.1 Å². The summed E-state index contributed by atoms with van der Waals surface area (Å²) in [5.41, 5.74) is 1.68. The third-order valence-electron chi connectivity index (χ3n) is 2.52. The van der Waals surface area contributed by atoms with Crippen LogP contribution in [-0.4, -0.2) is 16.5 Å². The van der Waals surface area contributed by atoms with Crippen LogP contribution in [0.2, 0.25) is 0 Å². The molecular formula is C14H16FN3O. The van der Waals surface area contributed by atoms with E-state index >= 15 is 0 Å². The van der Waals surface area contributed by atoms with E-state index in [9.17, 15) is 4.39 Å². The van der Waals surface area contributed by atoms with Crippen LogP contribution in [0.15, 0.2) is 30.6 Å². The Morgan fingerprint density at radius 1 is 1.32 bits per heavy atom. The summed E-state index contributed by atoms with van der Waals surface area (Å²) in [6, 6.07) is 4.70. The van der Waals surface area contributed by atoms with E-state index in [4.69, 9.17) is 4.74 Å². The van der Waals surface area contributed by atoms with Crippen molar-refractivity contribution in [2.75, 3.05) is 6.54 Å². The molecule has 0 aliphatic heterocycles. The van der Waals surface area contributed by atoms with Gasteiger partial charge in [0.2, 0.25) is 5.88 Å². The highest BCUT2D eigenvalue weighted by Gasteiger charge is 2.07. The summed E-state index contributed by atoms with van der Waals surface area (Å²) in [5, 5.41) is 3.14. The van der Waals surface area contributed by atoms with Gasteiger partial charge in [0.25, 0.3) is 0 Å². The van der Waals surface area contributed by atoms with Gasteiger partial charge in [-0.25, -0.2) is 9.37 Å². The number of rotatable bonds is 5. The molecule has 0 fully saturated rings. The van der Waals surface area contributed by atoms with Crippen molar-refractivity contribution in [1.82, 2.24) is 15.3 Å². The molecule has 1 aromatic heterocycles. The van der Waals surface area contributed by atoms with Crippen molar-refractivity contribution >= 4 is 0 Å². The third-order valence-corrected chi connectivity index (χ3v) is 2.52. The van der Waals surface area contributed by atoms with E-state index in [-0.39, 0.29) is 5.75 Å². The molecule has 0 saturated heterocycles. The molecule has 0 atom stereocenters. The molecule has 2 rings (SSSR count). The van der Waals surface area contributed by atoms with E-state index in [0.717, 1.165) is 17.8 Å². The van der Waals surface area contributed by atoms with E-state index < -0.39 is 5.82 Å². The fourth-order valence-corrected chi connectivity index (χ4v) is 1.58. The first-order valence-electron chi connectivity index (χ1n) is 6.14. The van der Waals surface area contributed by atoms with Crippen molar-refractivity contribution in [3.05, 3.63) is 47.7 Å². The van der Waals surface area contributed by atoms with Crippen molar-refractivity contribution in [2.45, 2.75) is 20.4 Å². The van der Waals surface area contributed by atoms with Crippen LogP contribution in [0.3, 0.4) is 0 Å². The molecule has 5 heteroatoms. The number of ether oxygens (including phenoxy) is 1. The summed E-state index contributed by atoms with van der Waals surface area (Å²) >= 11 is 0. The zero-order valence-electron chi connectivity index (χ0n) is 11.0. The molecule has 0 unspecified atom stereocenters. The third kappa shape index (κ3) is 3.72. The van der Waals surface area contributed by atoms with E-state index in [1.807, 2.05) is 13.8 Å². The highest BCUT2D eigenvalue weighted by atomic mass is 19.1. The van der Waals surface area contributed by atoms with Gasteiger partial charge in [0.1, 0.15) is 0 Å². The summed E-state index contributed by atoms with van der Waals surface area (Å²) in [6.07, 6.45) is 3.12. The van der Waals surface area contributed by atoms with E-state index in [2.05, 4.69) is 15.3 Å². The van der Waals surface area contributed by atoms with Crippen LogP contribution in [0, 0.1) is 12.7 Å². The smallest absolute Gasteiger partial charge is 0.238 e. The Labute approximate surface area is 111 Å². The van der Waals surface area contributed by atoms with Gasteiger partial charge in [-0.3, -0.25) is 4.98 Å². The standard InChI is InChI=1S/C14H16FN3O/c1-3-16-7-11-8-17-9-14(18-11)19-13-6-10(2)4-5-12(13)15/h4-6,8-9,16H,3,7H2,1-2H3. The highest BCUT2D eigenvalue weighted by Crippen LogP contribution is 2.23. The molecule has 0 saturated carbocycles. The highest BCUT2D eigenvalue weighted by molar-refractivity contribution is 5.32. The van der Waals surface area contributed by atoms with Gasteiger partial charge in [-0.15, -0.1) is 0 Å². The van der Waals surface area contributed by atoms with Crippen molar-refractivity contribution in [2.24, 2.45) is 0 Å². The van der Waals surface area contributed by atoms with Crippen LogP contribution < -0.4 is 10.1 Å². The molecular weight excluding hydrogens is 245 g/mol. The first-order chi connectivity index (χ1) is 9.19. The van der Waals surface area contributed by atoms with E-state index in [1.54, 1.807) is 18.3 Å². The lowest BCUT2D eigenvalue weighted by molar-refractivity contribution is 0.422. The second-order valence-corrected chi connectivity index (χ2v) is 4.16. The molecule has 19 heavy (non-hydrogen) atoms. The predicted molar refractivity (Wildman–Crippen MR) is 70.6 cm³/mol. The van der Waals surface area contributed by atoms with Crippen LogP contribution in [-0.2, 0) is 6.54 Å². The number of halogens is 1. The van der Waals surface area contributed by atoms with Gasteiger partial charge in [-0.1, -0.05) is 13.0 Å². The average Bonchev–Trinajstić information content (AvgIpc) is 2.41. The summed E-state index contributed by atoms with van der Waals surface area (Å²) in [6.45, 7) is 5.34. The summed E-state index contributed by atoms with van der Waals surface area (Å²) in [5.74, 6) is 0.0410. The largest absolute Gasteiger partial charge is 0.434 e. The zero-order chi connectivity index (χ0) is 13.7. The lowest BCUT2D eigenvalue weighted by atomic mass is 10.2. The minimum atomic E-state index is -0.413. The summed E-state index contributed by atoms with van der Waals surface area (Å²) in [4.78, 5) is 8.30. The first-order valence-corrected chi connectivity index (χ1v) is 6.14. The minimum Gasteiger partial charge on any atom is -0.434 e. The molecule has 0 radical (unpaired) electrons. The number of nitrogens with one attached hydrogen (secondary N) is 1. The molecule has 4 nitrogen and oxygen atoms in total. The predicted octanol–water partition coefficient (Wildman–Crippen LogP) is 2.83. The zero-order valence-corrected chi connectivity index (χ0v) is 11.0. The Kier molecular flexibility index (Phi) is 4.41. The number of benzene rings is 1. The van der Waals surface area contributed by atoms with E-state index in [1.165, 1.54) is 12.3 Å². The molecule has 1 aromatic carbocycles. The molecule has 0 amide bonds. The van der Waals surface area contributed by atoms with Gasteiger partial charge in [0.15, 0.2) is 11.6 Å². The van der Waals surface area contributed by atoms with E-state index in [0.29, 0.717) is 12.4 Å². The van der Waals surface area contributed by atoms with Crippen molar-refractivity contribution in [3.63, 3.8) is 0 Å². The molecule has 0 aliphatic rings. The quantitative estimate of drug-likeness (QED) is 0.899. The summed E-state index contributed by atoms with van der Waals surface area (Å²) < 4.78 is 19.0. The van der Waals surface area contributed by atoms with Crippen molar-refractivity contribution in [1.29, 1.82) is 0 Å². The fraction of sp³-hybridized carbons (Fsp3) is 0.286. The van der Waals surface area contributed by atoms with Crippen LogP contribution in [0.1, 0.15) is 18.2 Å². The Balaban J connectivity index is 2.16. The Morgan fingerprint density at radius 2 is 2.16 bits per heavy atom. The molecule has 2 aromatic rings. The van der Waals surface area contributed by atoms with Crippen molar-refractivity contribution < 1.29 is 9.13 Å². The average molecular weight is 261 g/mol. The van der Waals surface area contributed by atoms with Gasteiger partial charge in [-0.05, 0) is 31.2 Å². The normalized spacial score (nSPS) is 10.5. The van der Waals surface area contributed by atoms with Gasteiger partial charge in [0, 0.05) is 12.7 Å². The maximum Gasteiger partial charge on any atom is 0.238 e. The molecule has 0 bridgehead atoms. The lowest BCUT2D eigenvalue weighted by Crippen LogP contribution is -2.13. The first kappa shape index (κ1) is 13.4. The van der Waals surface area contributed by atoms with Gasteiger partial charge in [0.05, 0.1) is 11.9 Å². The molecule has 0 aliphatic carbocycles. The Bertz CT molecular complexity index is 560. The topological polar surface area (TPSA) is 47.0 Å². The Hall–Kier alpha value is -2.01. The lowest BCUT2D eigenvalue weighted by Gasteiger charge is -2.08. The second kappa shape index (κ2) is 6.24. The maximum absolute atomic E-state index is 13.6. The van der Waals surface area contributed by atoms with Gasteiger partial charge >= 0.3 is 0 Å². The molecule has 0 spiro atoms. The number of hydrogen-bond acceptors (Lipinski definition) is 4. The fourth-order valence-electron chi connectivity index (χ4n) is 1.58. The maximum atomic E-state index is 13.6. The van der Waals surface area contributed by atoms with Gasteiger partial charge in [-0.2, -0.15) is 0 Å². The second-order valence-electron chi connectivity index (χ2n) is 4.16. The monoisotopic (exact) mass is 261 g/mol. The number of aryl methyl sites for hydroxylation is 1. The Morgan fingerprint density at radius 3 is 2.95 bits per heavy atom. The summed E-state index contributed by atoms with van der Waals surface area (Å²) in [7, 11) is 0. The van der Waals surface area contributed by atoms with Crippen molar-refractivity contribution in [3.8, 4) is 11.6 Å². The molecule has 100 valence electrons. The van der Waals surface area contributed by atoms with Crippen LogP contribution in [0.25, 0.3) is 0 Å². The minimum absolute atomic E-state index is 0.162. The van der Waals surface area contributed by atoms with Crippen LogP contribution >= 0.6 is 0 Å². The van der Waals surface area contributed by atoms with Crippen LogP contribution in [0.4, 0.5) is 4.39 Å². The molecule has 1 N–H and O–H groups in total. The number of hydrogen-bond donors (Lipinski definition) is 1. The number of nitrogens with zero attached hydrogens (tertiary/aromatic N) is 2. The van der Waals surface area contributed by atoms with Crippen LogP contribution in [0.5, 0.6) is 11.6 Å². The number of aromatic nitrogens is 2.